The van der Waals surface area contributed by atoms with E-state index < -0.39 is 0 Å². The van der Waals surface area contributed by atoms with Gasteiger partial charge in [0.15, 0.2) is 5.65 Å². The number of nitrogens with two attached hydrogens (primary N) is 1. The van der Waals surface area contributed by atoms with Crippen molar-refractivity contribution in [2.75, 3.05) is 6.61 Å². The van der Waals surface area contributed by atoms with Gasteiger partial charge in [0.1, 0.15) is 11.7 Å². The lowest BCUT2D eigenvalue weighted by Crippen LogP contribution is -2.08. The number of hydrogen-bond acceptors (Lipinski definition) is 5. The first-order chi connectivity index (χ1) is 8.29. The molecule has 7 heteroatoms. The fourth-order valence-electron chi connectivity index (χ4n) is 2.08. The highest BCUT2D eigenvalue weighted by atomic mass is 35.5. The lowest BCUT2D eigenvalue weighted by atomic mass is 10.3. The predicted octanol–water partition coefficient (Wildman–Crippen LogP) is 1.25. The Morgan fingerprint density at radius 1 is 1.53 bits per heavy atom. The smallest absolute Gasteiger partial charge is 0.224 e. The van der Waals surface area contributed by atoms with Gasteiger partial charge >= 0.3 is 0 Å². The molecule has 1 fully saturated rings. The Bertz CT molecular complexity index is 549. The zero-order valence-corrected chi connectivity index (χ0v) is 9.89. The van der Waals surface area contributed by atoms with Gasteiger partial charge < -0.3 is 10.5 Å². The molecule has 0 radical (unpaired) electrons. The van der Waals surface area contributed by atoms with Gasteiger partial charge in [0.05, 0.1) is 12.0 Å². The molecule has 1 aliphatic heterocycles. The maximum atomic E-state index is 5.88. The van der Waals surface area contributed by atoms with Crippen molar-refractivity contribution in [1.29, 1.82) is 0 Å². The van der Waals surface area contributed by atoms with E-state index in [9.17, 15) is 0 Å². The predicted molar refractivity (Wildman–Crippen MR) is 62.4 cm³/mol. The summed E-state index contributed by atoms with van der Waals surface area (Å²) < 4.78 is 7.50. The van der Waals surface area contributed by atoms with Crippen molar-refractivity contribution < 1.29 is 4.74 Å². The Labute approximate surface area is 103 Å². The van der Waals surface area contributed by atoms with Gasteiger partial charge in [-0.25, -0.2) is 9.97 Å². The molecule has 17 heavy (non-hydrogen) atoms. The maximum absolute atomic E-state index is 5.88. The minimum Gasteiger partial charge on any atom is -0.358 e. The highest BCUT2D eigenvalue weighted by Crippen LogP contribution is 2.27. The number of imidazole rings is 1. The summed E-state index contributed by atoms with van der Waals surface area (Å²) in [5.41, 5.74) is 7.68. The molecule has 1 aliphatic rings. The minimum absolute atomic E-state index is 0.00316. The first-order valence-electron chi connectivity index (χ1n) is 5.50. The van der Waals surface area contributed by atoms with E-state index in [-0.39, 0.29) is 11.5 Å². The third kappa shape index (κ3) is 1.78. The summed E-state index contributed by atoms with van der Waals surface area (Å²) in [6.45, 7) is 1.06. The van der Waals surface area contributed by atoms with Crippen LogP contribution in [0, 0.1) is 0 Å². The second-order valence-electron chi connectivity index (χ2n) is 3.94. The molecule has 2 aromatic heterocycles. The fourth-order valence-corrected chi connectivity index (χ4v) is 2.26. The molecule has 90 valence electrons. The van der Waals surface area contributed by atoms with Crippen molar-refractivity contribution in [2.24, 2.45) is 5.73 Å². The standard InChI is InChI=1S/C10H12ClN5O/c11-10-14-6(4-12)8-9(15-10)16(5-13-8)7-2-1-3-17-7/h5,7H,1-4,12H2. The van der Waals surface area contributed by atoms with Crippen LogP contribution >= 0.6 is 11.6 Å². The quantitative estimate of drug-likeness (QED) is 0.815. The summed E-state index contributed by atoms with van der Waals surface area (Å²) in [7, 11) is 0. The van der Waals surface area contributed by atoms with Gasteiger partial charge in [0, 0.05) is 13.2 Å². The van der Waals surface area contributed by atoms with Gasteiger partial charge in [0.2, 0.25) is 5.28 Å². The van der Waals surface area contributed by atoms with Crippen LogP contribution in [0.25, 0.3) is 11.2 Å². The molecule has 3 rings (SSSR count). The molecule has 0 aliphatic carbocycles. The summed E-state index contributed by atoms with van der Waals surface area (Å²) in [5, 5.41) is 0.192. The largest absolute Gasteiger partial charge is 0.358 e. The second kappa shape index (κ2) is 4.21. The van der Waals surface area contributed by atoms with E-state index in [1.54, 1.807) is 6.33 Å². The van der Waals surface area contributed by atoms with E-state index in [1.807, 2.05) is 4.57 Å². The van der Waals surface area contributed by atoms with Crippen molar-refractivity contribution in [3.05, 3.63) is 17.3 Å². The zero-order valence-electron chi connectivity index (χ0n) is 9.14. The Hall–Kier alpha value is -1.24. The van der Waals surface area contributed by atoms with Crippen LogP contribution in [-0.2, 0) is 11.3 Å². The summed E-state index contributed by atoms with van der Waals surface area (Å²) in [6, 6.07) is 0. The SMILES string of the molecule is NCc1nc(Cl)nc2c1ncn2C1CCCO1. The normalized spacial score (nSPS) is 20.2. The third-order valence-electron chi connectivity index (χ3n) is 2.88. The number of aromatic nitrogens is 4. The van der Waals surface area contributed by atoms with Gasteiger partial charge in [-0.15, -0.1) is 0 Å². The lowest BCUT2D eigenvalue weighted by molar-refractivity contribution is 0.0593. The first-order valence-corrected chi connectivity index (χ1v) is 5.88. The topological polar surface area (TPSA) is 78.9 Å². The number of ether oxygens (including phenoxy) is 1. The molecule has 0 aromatic carbocycles. The first kappa shape index (κ1) is 10.9. The van der Waals surface area contributed by atoms with Crippen LogP contribution in [0.2, 0.25) is 5.28 Å². The molecule has 0 saturated carbocycles. The van der Waals surface area contributed by atoms with Gasteiger partial charge in [-0.2, -0.15) is 4.98 Å². The number of fused-ring (bicyclic) bond motifs is 1. The Kier molecular flexibility index (Phi) is 2.70. The molecular weight excluding hydrogens is 242 g/mol. The fraction of sp³-hybridized carbons (Fsp3) is 0.500. The van der Waals surface area contributed by atoms with Crippen LogP contribution in [0.3, 0.4) is 0 Å². The summed E-state index contributed by atoms with van der Waals surface area (Å²) in [4.78, 5) is 12.6. The Balaban J connectivity index is 2.17. The maximum Gasteiger partial charge on any atom is 0.224 e. The van der Waals surface area contributed by atoms with Crippen LogP contribution < -0.4 is 5.73 Å². The Morgan fingerprint density at radius 3 is 3.12 bits per heavy atom. The molecule has 0 amide bonds. The zero-order chi connectivity index (χ0) is 11.8. The van der Waals surface area contributed by atoms with Crippen LogP contribution in [0.5, 0.6) is 0 Å². The molecule has 1 atom stereocenters. The monoisotopic (exact) mass is 253 g/mol. The molecule has 6 nitrogen and oxygen atoms in total. The van der Waals surface area contributed by atoms with E-state index >= 15 is 0 Å². The van der Waals surface area contributed by atoms with Crippen molar-refractivity contribution in [1.82, 2.24) is 19.5 Å². The van der Waals surface area contributed by atoms with Crippen molar-refractivity contribution >= 4 is 22.8 Å². The van der Waals surface area contributed by atoms with Crippen LogP contribution in [0.15, 0.2) is 6.33 Å². The summed E-state index contributed by atoms with van der Waals surface area (Å²) in [5.74, 6) is 0. The van der Waals surface area contributed by atoms with E-state index in [2.05, 4.69) is 15.0 Å². The molecule has 0 bridgehead atoms. The van der Waals surface area contributed by atoms with Gasteiger partial charge in [-0.3, -0.25) is 4.57 Å². The average molecular weight is 254 g/mol. The van der Waals surface area contributed by atoms with E-state index in [1.165, 1.54) is 0 Å². The molecule has 2 aromatic rings. The van der Waals surface area contributed by atoms with E-state index in [0.717, 1.165) is 19.4 Å². The van der Waals surface area contributed by atoms with E-state index in [0.29, 0.717) is 23.4 Å². The minimum atomic E-state index is -0.00316. The molecule has 1 saturated heterocycles. The molecule has 3 heterocycles. The molecule has 1 unspecified atom stereocenters. The van der Waals surface area contributed by atoms with Crippen LogP contribution in [0.4, 0.5) is 0 Å². The number of nitrogens with zero attached hydrogens (tertiary/aromatic N) is 4. The van der Waals surface area contributed by atoms with Crippen molar-refractivity contribution in [2.45, 2.75) is 25.6 Å². The highest BCUT2D eigenvalue weighted by Gasteiger charge is 2.21. The third-order valence-corrected chi connectivity index (χ3v) is 3.04. The molecule has 2 N–H and O–H groups in total. The summed E-state index contributed by atoms with van der Waals surface area (Å²) in [6.07, 6.45) is 3.72. The van der Waals surface area contributed by atoms with Gasteiger partial charge in [0.25, 0.3) is 0 Å². The summed E-state index contributed by atoms with van der Waals surface area (Å²) >= 11 is 5.88. The number of hydrogen-bond donors (Lipinski definition) is 1. The Morgan fingerprint density at radius 2 is 2.41 bits per heavy atom. The molecular formula is C10H12ClN5O. The van der Waals surface area contributed by atoms with Crippen molar-refractivity contribution in [3.63, 3.8) is 0 Å². The van der Waals surface area contributed by atoms with Gasteiger partial charge in [-0.05, 0) is 24.4 Å². The van der Waals surface area contributed by atoms with Crippen molar-refractivity contribution in [3.8, 4) is 0 Å². The van der Waals surface area contributed by atoms with Gasteiger partial charge in [-0.1, -0.05) is 0 Å². The number of halogens is 1. The second-order valence-corrected chi connectivity index (χ2v) is 4.27. The molecule has 0 spiro atoms. The van der Waals surface area contributed by atoms with Crippen LogP contribution in [-0.4, -0.2) is 26.1 Å². The average Bonchev–Trinajstić information content (AvgIpc) is 2.94. The van der Waals surface area contributed by atoms with E-state index in [4.69, 9.17) is 22.1 Å². The number of rotatable bonds is 2. The lowest BCUT2D eigenvalue weighted by Gasteiger charge is -2.11. The highest BCUT2D eigenvalue weighted by molar-refractivity contribution is 6.28. The van der Waals surface area contributed by atoms with Crippen LogP contribution in [0.1, 0.15) is 24.8 Å².